The average molecular weight is 589 g/mol. The van der Waals surface area contributed by atoms with E-state index in [9.17, 15) is 19.5 Å². The number of anilines is 1. The van der Waals surface area contributed by atoms with E-state index in [1.54, 1.807) is 33.9 Å². The van der Waals surface area contributed by atoms with Gasteiger partial charge < -0.3 is 24.5 Å². The normalized spacial score (nSPS) is 29.3. The molecule has 6 atom stereocenters. The number of likely N-dealkylation sites (tertiary alicyclic amines) is 1. The molecule has 8 nitrogen and oxygen atoms in total. The van der Waals surface area contributed by atoms with Crippen LogP contribution in [0.2, 0.25) is 0 Å². The van der Waals surface area contributed by atoms with Crippen molar-refractivity contribution in [2.24, 2.45) is 11.8 Å². The molecule has 0 aromatic heterocycles. The number of fused-ring (bicyclic) bond motifs is 1. The minimum Gasteiger partial charge on any atom is -0.396 e. The molecule has 38 heavy (non-hydrogen) atoms. The highest BCUT2D eigenvalue weighted by molar-refractivity contribution is 9.09. The molecule has 9 heteroatoms. The average Bonchev–Trinajstić information content (AvgIpc) is 3.46. The number of carbonyl (C=O) groups is 3. The van der Waals surface area contributed by atoms with E-state index in [2.05, 4.69) is 29.1 Å². The lowest BCUT2D eigenvalue weighted by Gasteiger charge is -2.38. The van der Waals surface area contributed by atoms with Crippen molar-refractivity contribution in [3.05, 3.63) is 54.6 Å². The van der Waals surface area contributed by atoms with Crippen molar-refractivity contribution in [3.8, 4) is 0 Å². The second-order valence-corrected chi connectivity index (χ2v) is 11.8. The Morgan fingerprint density at radius 2 is 1.84 bits per heavy atom. The van der Waals surface area contributed by atoms with Crippen LogP contribution in [-0.2, 0) is 19.1 Å². The van der Waals surface area contributed by atoms with Crippen LogP contribution in [0.4, 0.5) is 5.69 Å². The minimum absolute atomic E-state index is 0.00425. The van der Waals surface area contributed by atoms with E-state index in [0.717, 1.165) is 16.8 Å². The van der Waals surface area contributed by atoms with Crippen molar-refractivity contribution in [1.29, 1.82) is 0 Å². The summed E-state index contributed by atoms with van der Waals surface area (Å²) in [4.78, 5) is 47.0. The quantitative estimate of drug-likeness (QED) is 0.244. The molecule has 0 aliphatic carbocycles. The molecule has 3 saturated heterocycles. The highest BCUT2D eigenvalue weighted by Crippen LogP contribution is 2.60. The van der Waals surface area contributed by atoms with Crippen LogP contribution in [0.15, 0.2) is 43.5 Å². The van der Waals surface area contributed by atoms with Crippen molar-refractivity contribution in [2.45, 2.75) is 55.7 Å². The van der Waals surface area contributed by atoms with Crippen LogP contribution in [0, 0.1) is 25.7 Å². The molecular formula is C29H38BrN3O5. The molecule has 0 radical (unpaired) electrons. The van der Waals surface area contributed by atoms with Gasteiger partial charge in [-0.25, -0.2) is 0 Å². The lowest BCUT2D eigenvalue weighted by molar-refractivity contribution is -0.144. The third-order valence-corrected chi connectivity index (χ3v) is 9.03. The molecule has 1 aromatic carbocycles. The molecule has 206 valence electrons. The number of rotatable bonds is 11. The molecule has 0 saturated carbocycles. The number of para-hydroxylation sites is 1. The number of aliphatic hydroxyl groups is 1. The summed E-state index contributed by atoms with van der Waals surface area (Å²) in [7, 11) is 1.69. The summed E-state index contributed by atoms with van der Waals surface area (Å²) in [6.45, 7) is 12.5. The van der Waals surface area contributed by atoms with E-state index >= 15 is 0 Å². The van der Waals surface area contributed by atoms with Gasteiger partial charge in [0.1, 0.15) is 11.6 Å². The fraction of sp³-hybridized carbons (Fsp3) is 0.552. The highest BCUT2D eigenvalue weighted by atomic mass is 79.9. The molecular weight excluding hydrogens is 550 g/mol. The van der Waals surface area contributed by atoms with Gasteiger partial charge in [0.05, 0.1) is 17.9 Å². The zero-order valence-electron chi connectivity index (χ0n) is 22.4. The predicted octanol–water partition coefficient (Wildman–Crippen LogP) is 2.99. The SMILES string of the molecule is C=CCN(C)C(=O)[C@H]1[C@@H]2OC3(CC2Br)C(C(=O)N(CC=C)c2c(C)cccc2C)N(CCCCO)C(=O)[C@H]13. The first-order chi connectivity index (χ1) is 18.1. The number of hydrogen-bond acceptors (Lipinski definition) is 5. The van der Waals surface area contributed by atoms with Gasteiger partial charge in [0.25, 0.3) is 5.91 Å². The summed E-state index contributed by atoms with van der Waals surface area (Å²) in [5, 5.41) is 9.40. The van der Waals surface area contributed by atoms with Crippen LogP contribution < -0.4 is 4.90 Å². The number of hydrogen-bond donors (Lipinski definition) is 1. The Hall–Kier alpha value is -2.49. The number of alkyl halides is 1. The van der Waals surface area contributed by atoms with Crippen LogP contribution in [0.3, 0.4) is 0 Å². The lowest BCUT2D eigenvalue weighted by Crippen LogP contribution is -2.57. The maximum atomic E-state index is 14.6. The van der Waals surface area contributed by atoms with Crippen molar-refractivity contribution in [1.82, 2.24) is 9.80 Å². The van der Waals surface area contributed by atoms with Crippen LogP contribution in [0.25, 0.3) is 0 Å². The minimum atomic E-state index is -1.13. The van der Waals surface area contributed by atoms with Gasteiger partial charge in [-0.2, -0.15) is 0 Å². The Morgan fingerprint density at radius 1 is 1.18 bits per heavy atom. The van der Waals surface area contributed by atoms with Crippen LogP contribution >= 0.6 is 15.9 Å². The molecule has 3 aliphatic rings. The summed E-state index contributed by atoms with van der Waals surface area (Å²) in [6, 6.07) is 4.97. The topological polar surface area (TPSA) is 90.4 Å². The summed E-state index contributed by atoms with van der Waals surface area (Å²) >= 11 is 3.72. The first-order valence-electron chi connectivity index (χ1n) is 13.2. The zero-order chi connectivity index (χ0) is 27.8. The van der Waals surface area contributed by atoms with Gasteiger partial charge in [-0.1, -0.05) is 46.3 Å². The van der Waals surface area contributed by atoms with Crippen LogP contribution in [0.1, 0.15) is 30.4 Å². The number of nitrogens with zero attached hydrogens (tertiary/aromatic N) is 3. The standard InChI is InChI=1S/C29H38BrN3O5/c1-6-13-31(5)26(35)21-22-27(36)33(15-8-9-16-34)25(29(22)17-20(30)24(21)38-29)28(37)32(14-7-2)23-18(3)11-10-12-19(23)4/h6-7,10-12,20-22,24-25,34H,1-2,8-9,13-17H2,3-5H3/t20?,21-,22+,24-,25?,29?/m1/s1. The third-order valence-electron chi connectivity index (χ3n) is 8.18. The Balaban J connectivity index is 1.81. The Morgan fingerprint density at radius 3 is 2.45 bits per heavy atom. The molecule has 1 spiro atoms. The van der Waals surface area contributed by atoms with Gasteiger partial charge in [-0.05, 0) is 44.2 Å². The number of halogens is 1. The molecule has 1 aromatic rings. The molecule has 3 heterocycles. The number of aryl methyl sites for hydroxylation is 2. The molecule has 3 unspecified atom stereocenters. The summed E-state index contributed by atoms with van der Waals surface area (Å²) in [5.41, 5.74) is 1.55. The fourth-order valence-electron chi connectivity index (χ4n) is 6.66. The fourth-order valence-corrected chi connectivity index (χ4v) is 7.61. The van der Waals surface area contributed by atoms with Crippen molar-refractivity contribution >= 4 is 39.3 Å². The van der Waals surface area contributed by atoms with Gasteiger partial charge in [-0.15, -0.1) is 13.2 Å². The Bertz CT molecular complexity index is 1110. The van der Waals surface area contributed by atoms with E-state index < -0.39 is 29.6 Å². The van der Waals surface area contributed by atoms with Gasteiger partial charge in [-0.3, -0.25) is 14.4 Å². The first kappa shape index (κ1) is 28.5. The Kier molecular flexibility index (Phi) is 8.49. The largest absolute Gasteiger partial charge is 0.396 e. The van der Waals surface area contributed by atoms with Crippen molar-refractivity contribution in [2.75, 3.05) is 38.2 Å². The Labute approximate surface area is 233 Å². The highest BCUT2D eigenvalue weighted by Gasteiger charge is 2.76. The predicted molar refractivity (Wildman–Crippen MR) is 150 cm³/mol. The van der Waals surface area contributed by atoms with E-state index in [1.165, 1.54) is 0 Å². The number of ether oxygens (including phenoxy) is 1. The van der Waals surface area contributed by atoms with Crippen LogP contribution in [-0.4, -0.2) is 88.5 Å². The lowest BCUT2D eigenvalue weighted by atomic mass is 9.70. The molecule has 3 amide bonds. The zero-order valence-corrected chi connectivity index (χ0v) is 24.0. The van der Waals surface area contributed by atoms with Crippen molar-refractivity contribution < 1.29 is 24.2 Å². The summed E-state index contributed by atoms with van der Waals surface area (Å²) in [5.74, 6) is -2.10. The van der Waals surface area contributed by atoms with Gasteiger partial charge >= 0.3 is 0 Å². The second kappa shape index (κ2) is 11.3. The second-order valence-electron chi connectivity index (χ2n) is 10.6. The number of amides is 3. The maximum Gasteiger partial charge on any atom is 0.253 e. The van der Waals surface area contributed by atoms with Gasteiger partial charge in [0.2, 0.25) is 11.8 Å². The summed E-state index contributed by atoms with van der Waals surface area (Å²) in [6.07, 6.45) is 4.31. The third kappa shape index (κ3) is 4.52. The molecule has 4 rings (SSSR count). The molecule has 1 N–H and O–H groups in total. The number of unbranched alkanes of at least 4 members (excludes halogenated alkanes) is 1. The van der Waals surface area contributed by atoms with Crippen LogP contribution in [0.5, 0.6) is 0 Å². The van der Waals surface area contributed by atoms with E-state index in [0.29, 0.717) is 32.4 Å². The van der Waals surface area contributed by atoms with E-state index in [1.807, 2.05) is 32.0 Å². The van der Waals surface area contributed by atoms with Crippen molar-refractivity contribution in [3.63, 3.8) is 0 Å². The monoisotopic (exact) mass is 587 g/mol. The molecule has 3 aliphatic heterocycles. The van der Waals surface area contributed by atoms with E-state index in [4.69, 9.17) is 4.74 Å². The smallest absolute Gasteiger partial charge is 0.253 e. The number of benzene rings is 1. The number of aliphatic hydroxyl groups excluding tert-OH is 1. The summed E-state index contributed by atoms with van der Waals surface area (Å²) < 4.78 is 6.62. The number of carbonyl (C=O) groups excluding carboxylic acids is 3. The van der Waals surface area contributed by atoms with E-state index in [-0.39, 0.29) is 35.7 Å². The van der Waals surface area contributed by atoms with Gasteiger partial charge in [0, 0.05) is 43.8 Å². The maximum absolute atomic E-state index is 14.6. The van der Waals surface area contributed by atoms with Gasteiger partial charge in [0.15, 0.2) is 0 Å². The number of likely N-dealkylation sites (N-methyl/N-ethyl adjacent to an activating group) is 1. The first-order valence-corrected chi connectivity index (χ1v) is 14.1. The molecule has 3 fully saturated rings. The molecule has 2 bridgehead atoms.